The molecule has 0 heterocycles. The molecule has 0 unspecified atom stereocenters. The number of carbonyl (C=O) groups is 2. The number of hydrazine groups is 1. The number of sulfonamides is 1. The minimum absolute atomic E-state index is 0.0566. The lowest BCUT2D eigenvalue weighted by Crippen LogP contribution is -2.50. The van der Waals surface area contributed by atoms with E-state index in [1.807, 2.05) is 0 Å². The third-order valence-corrected chi connectivity index (χ3v) is 7.62. The average molecular weight is 648 g/mol. The minimum Gasteiger partial charge on any atom is -0.372 e. The molecule has 1 atom stereocenters. The molecule has 0 fully saturated rings. The molecule has 0 bridgehead atoms. The van der Waals surface area contributed by atoms with Gasteiger partial charge in [-0.3, -0.25) is 25.2 Å². The van der Waals surface area contributed by atoms with Gasteiger partial charge in [-0.2, -0.15) is 13.2 Å². The molecule has 3 aromatic carbocycles. The molecule has 0 aliphatic rings. The van der Waals surface area contributed by atoms with Gasteiger partial charge in [0.05, 0.1) is 21.2 Å². The van der Waals surface area contributed by atoms with Gasteiger partial charge in [-0.1, -0.05) is 41.4 Å². The number of carbonyl (C=O) groups excluding carboxylic acids is 2. The van der Waals surface area contributed by atoms with Crippen molar-refractivity contribution in [2.24, 2.45) is 5.92 Å². The molecule has 8 nitrogen and oxygen atoms in total. The molecule has 2 amide bonds. The van der Waals surface area contributed by atoms with Crippen molar-refractivity contribution in [3.8, 4) is 0 Å². The highest BCUT2D eigenvalue weighted by Crippen LogP contribution is 2.34. The van der Waals surface area contributed by atoms with Crippen molar-refractivity contribution in [2.45, 2.75) is 31.0 Å². The summed E-state index contributed by atoms with van der Waals surface area (Å²) >= 11 is 9.22. The largest absolute Gasteiger partial charge is 0.416 e. The van der Waals surface area contributed by atoms with Gasteiger partial charge in [-0.05, 0) is 72.6 Å². The molecule has 4 N–H and O–H groups in total. The number of anilines is 2. The van der Waals surface area contributed by atoms with Crippen molar-refractivity contribution in [1.82, 2.24) is 10.9 Å². The zero-order valence-corrected chi connectivity index (χ0v) is 23.6. The van der Waals surface area contributed by atoms with Crippen molar-refractivity contribution in [2.75, 3.05) is 10.0 Å². The van der Waals surface area contributed by atoms with Crippen molar-refractivity contribution in [3.63, 3.8) is 0 Å². The summed E-state index contributed by atoms with van der Waals surface area (Å²) in [5, 5.41) is 2.58. The monoisotopic (exact) mass is 646 g/mol. The van der Waals surface area contributed by atoms with E-state index in [0.29, 0.717) is 0 Å². The number of hydrogen-bond donors (Lipinski definition) is 4. The molecule has 208 valence electrons. The van der Waals surface area contributed by atoms with Gasteiger partial charge in [-0.25, -0.2) is 8.42 Å². The fraction of sp³-hybridized carbons (Fsp3) is 0.200. The van der Waals surface area contributed by atoms with Gasteiger partial charge < -0.3 is 5.32 Å². The topological polar surface area (TPSA) is 116 Å². The molecule has 3 aromatic rings. The van der Waals surface area contributed by atoms with Crippen LogP contribution in [0.1, 0.15) is 29.8 Å². The van der Waals surface area contributed by atoms with Crippen LogP contribution in [0.4, 0.5) is 24.5 Å². The number of rotatable bonds is 8. The minimum atomic E-state index is -4.57. The van der Waals surface area contributed by atoms with E-state index in [1.165, 1.54) is 36.4 Å². The molecule has 0 spiro atoms. The quantitative estimate of drug-likeness (QED) is 0.230. The SMILES string of the molecule is CC(C)[C@@H](Nc1ccc(C(F)(F)F)cc1Cl)C(=O)NNC(=O)c1ccc(NS(=O)(=O)c2ccc(Br)cc2)cc1. The molecule has 0 radical (unpaired) electrons. The second-order valence-electron chi connectivity index (χ2n) is 8.64. The van der Waals surface area contributed by atoms with E-state index < -0.39 is 39.6 Å². The molecule has 3 rings (SSSR count). The summed E-state index contributed by atoms with van der Waals surface area (Å²) in [6.07, 6.45) is -4.57. The van der Waals surface area contributed by atoms with Crippen LogP contribution in [0, 0.1) is 5.92 Å². The number of nitrogens with one attached hydrogen (secondary N) is 4. The molecule has 0 aliphatic carbocycles. The van der Waals surface area contributed by atoms with Crippen LogP contribution in [-0.2, 0) is 21.0 Å². The number of amides is 2. The Bertz CT molecular complexity index is 1450. The molecular weight excluding hydrogens is 625 g/mol. The summed E-state index contributed by atoms with van der Waals surface area (Å²) < 4.78 is 66.9. The lowest BCUT2D eigenvalue weighted by atomic mass is 10.0. The molecule has 0 aliphatic heterocycles. The zero-order valence-electron chi connectivity index (χ0n) is 20.4. The van der Waals surface area contributed by atoms with Crippen molar-refractivity contribution in [1.29, 1.82) is 0 Å². The van der Waals surface area contributed by atoms with E-state index >= 15 is 0 Å². The predicted octanol–water partition coefficient (Wildman–Crippen LogP) is 5.82. The van der Waals surface area contributed by atoms with Crippen LogP contribution in [0.3, 0.4) is 0 Å². The van der Waals surface area contributed by atoms with Gasteiger partial charge in [0.25, 0.3) is 21.8 Å². The van der Waals surface area contributed by atoms with Gasteiger partial charge in [-0.15, -0.1) is 0 Å². The molecule has 0 saturated heterocycles. The first kappa shape index (κ1) is 30.3. The maximum Gasteiger partial charge on any atom is 0.416 e. The maximum absolute atomic E-state index is 12.9. The second-order valence-corrected chi connectivity index (χ2v) is 11.6. The van der Waals surface area contributed by atoms with Crippen LogP contribution in [0.25, 0.3) is 0 Å². The highest BCUT2D eigenvalue weighted by atomic mass is 79.9. The first-order valence-corrected chi connectivity index (χ1v) is 13.9. The first-order chi connectivity index (χ1) is 18.2. The number of hydrogen-bond acceptors (Lipinski definition) is 5. The Kier molecular flexibility index (Phi) is 9.51. The third kappa shape index (κ3) is 8.10. The third-order valence-electron chi connectivity index (χ3n) is 5.38. The average Bonchev–Trinajstić information content (AvgIpc) is 2.86. The number of halogens is 5. The highest BCUT2D eigenvalue weighted by Gasteiger charge is 2.31. The van der Waals surface area contributed by atoms with Crippen molar-refractivity contribution >= 4 is 60.7 Å². The van der Waals surface area contributed by atoms with Crippen molar-refractivity contribution < 1.29 is 31.2 Å². The Morgan fingerprint density at radius 1 is 0.923 bits per heavy atom. The van der Waals surface area contributed by atoms with Crippen LogP contribution in [0.2, 0.25) is 5.02 Å². The Balaban J connectivity index is 1.61. The van der Waals surface area contributed by atoms with E-state index in [-0.39, 0.29) is 32.8 Å². The standard InChI is InChI=1S/C25H23BrClF3N4O4S/c1-14(2)22(31-21-12-5-16(13-20(21)27)25(28,29)30)24(36)33-32-23(35)15-3-8-18(9-4-15)34-39(37,38)19-10-6-17(26)7-11-19/h3-14,22,31,34H,1-2H3,(H,32,35)(H,33,36)/t22-/m1/s1. The summed E-state index contributed by atoms with van der Waals surface area (Å²) in [5.74, 6) is -1.67. The highest BCUT2D eigenvalue weighted by molar-refractivity contribution is 9.10. The smallest absolute Gasteiger partial charge is 0.372 e. The predicted molar refractivity (Wildman–Crippen MR) is 146 cm³/mol. The summed E-state index contributed by atoms with van der Waals surface area (Å²) in [6.45, 7) is 3.40. The van der Waals surface area contributed by atoms with E-state index in [1.54, 1.807) is 26.0 Å². The maximum atomic E-state index is 12.9. The van der Waals surface area contributed by atoms with Crippen LogP contribution in [-0.4, -0.2) is 26.3 Å². The van der Waals surface area contributed by atoms with Crippen LogP contribution >= 0.6 is 27.5 Å². The van der Waals surface area contributed by atoms with Gasteiger partial charge in [0.1, 0.15) is 6.04 Å². The van der Waals surface area contributed by atoms with E-state index in [9.17, 15) is 31.2 Å². The Morgan fingerprint density at radius 3 is 2.08 bits per heavy atom. The van der Waals surface area contributed by atoms with Crippen LogP contribution < -0.4 is 20.9 Å². The lowest BCUT2D eigenvalue weighted by Gasteiger charge is -2.23. The zero-order chi connectivity index (χ0) is 29.0. The normalized spacial score (nSPS) is 12.5. The van der Waals surface area contributed by atoms with Crippen molar-refractivity contribution in [3.05, 3.63) is 87.4 Å². The van der Waals surface area contributed by atoms with Gasteiger partial charge in [0.2, 0.25) is 0 Å². The Hall–Kier alpha value is -3.29. The lowest BCUT2D eigenvalue weighted by molar-refractivity contribution is -0.137. The van der Waals surface area contributed by atoms with E-state index in [2.05, 4.69) is 36.8 Å². The van der Waals surface area contributed by atoms with Crippen LogP contribution in [0.5, 0.6) is 0 Å². The Labute approximate surface area is 236 Å². The molecular formula is C25H23BrClF3N4O4S. The number of alkyl halides is 3. The fourth-order valence-corrected chi connectivity index (χ4v) is 4.85. The van der Waals surface area contributed by atoms with E-state index in [4.69, 9.17) is 11.6 Å². The second kappa shape index (κ2) is 12.3. The van der Waals surface area contributed by atoms with Gasteiger partial charge in [0.15, 0.2) is 0 Å². The summed E-state index contributed by atoms with van der Waals surface area (Å²) in [6, 6.07) is 13.3. The fourth-order valence-electron chi connectivity index (χ4n) is 3.30. The summed E-state index contributed by atoms with van der Waals surface area (Å²) in [5.41, 5.74) is 4.07. The van der Waals surface area contributed by atoms with E-state index in [0.717, 1.165) is 22.7 Å². The van der Waals surface area contributed by atoms with Gasteiger partial charge >= 0.3 is 6.18 Å². The molecule has 14 heteroatoms. The molecule has 39 heavy (non-hydrogen) atoms. The van der Waals surface area contributed by atoms with Crippen LogP contribution in [0.15, 0.2) is 76.1 Å². The first-order valence-electron chi connectivity index (χ1n) is 11.3. The molecule has 0 aromatic heterocycles. The summed E-state index contributed by atoms with van der Waals surface area (Å²) in [4.78, 5) is 25.3. The summed E-state index contributed by atoms with van der Waals surface area (Å²) in [7, 11) is -3.84. The van der Waals surface area contributed by atoms with Gasteiger partial charge in [0, 0.05) is 15.7 Å². The Morgan fingerprint density at radius 2 is 1.54 bits per heavy atom. The number of benzene rings is 3. The molecule has 0 saturated carbocycles.